The number of hydrogen-bond donors (Lipinski definition) is 2. The molecule has 2 aliphatic heterocycles. The maximum atomic E-state index is 14.4. The Hall–Kier alpha value is -6.59. The lowest BCUT2D eigenvalue weighted by Crippen LogP contribution is -2.65. The number of nitro groups is 1. The van der Waals surface area contributed by atoms with E-state index in [0.717, 1.165) is 22.3 Å². The standard InChI is InChI=1S/C36H23N7O6S/c37-18-26(35-41(20-8-2-1-3-9-20)31(36(47)50-35)39-38-19-14-16-21(17-15-19)43(48)49)33(45)42-34(46)30-28-24-12-6-4-10-22(24)27(29(30)32(44)40-42)23-11-5-7-13-25(23)28/h1-17,27-30,38H,(H,40,44)/b35-26+,39-31-. The van der Waals surface area contributed by atoms with E-state index in [1.54, 1.807) is 30.3 Å². The lowest BCUT2D eigenvalue weighted by atomic mass is 9.53. The van der Waals surface area contributed by atoms with Crippen molar-refractivity contribution < 1.29 is 24.1 Å². The molecule has 9 rings (SSSR count). The fourth-order valence-corrected chi connectivity index (χ4v) is 8.27. The molecule has 2 saturated heterocycles. The summed E-state index contributed by atoms with van der Waals surface area (Å²) < 4.78 is 0. The fraction of sp³-hybridized carbons (Fsp3) is 0.111. The number of nitro benzene ring substituents is 1. The molecule has 4 aromatic carbocycles. The lowest BCUT2D eigenvalue weighted by molar-refractivity contribution is -0.384. The third kappa shape index (κ3) is 4.66. The van der Waals surface area contributed by atoms with Gasteiger partial charge in [0.05, 0.1) is 22.4 Å². The number of rotatable bonds is 5. The van der Waals surface area contributed by atoms with Gasteiger partial charge in [0.25, 0.3) is 22.6 Å². The van der Waals surface area contributed by atoms with Crippen molar-refractivity contribution in [3.05, 3.63) is 146 Å². The third-order valence-corrected chi connectivity index (χ3v) is 10.3. The lowest BCUT2D eigenvalue weighted by Gasteiger charge is -2.52. The van der Waals surface area contributed by atoms with Crippen molar-refractivity contribution in [3.8, 4) is 6.07 Å². The minimum absolute atomic E-state index is 0.108. The van der Waals surface area contributed by atoms with Gasteiger partial charge in [0, 0.05) is 29.7 Å². The van der Waals surface area contributed by atoms with E-state index in [1.807, 2.05) is 54.6 Å². The zero-order valence-corrected chi connectivity index (χ0v) is 26.5. The number of nitriles is 1. The van der Waals surface area contributed by atoms with E-state index in [9.17, 15) is 34.6 Å². The zero-order chi connectivity index (χ0) is 34.7. The first kappa shape index (κ1) is 30.7. The molecule has 0 saturated carbocycles. The number of benzene rings is 4. The molecule has 14 heteroatoms. The predicted octanol–water partition coefficient (Wildman–Crippen LogP) is 4.76. The molecule has 2 fully saturated rings. The van der Waals surface area contributed by atoms with Crippen molar-refractivity contribution in [1.82, 2.24) is 10.4 Å². The second kappa shape index (κ2) is 11.8. The number of anilines is 2. The van der Waals surface area contributed by atoms with Crippen molar-refractivity contribution in [2.75, 3.05) is 10.3 Å². The van der Waals surface area contributed by atoms with Crippen LogP contribution in [0.15, 0.2) is 119 Å². The number of non-ortho nitro benzene ring substituents is 1. The van der Waals surface area contributed by atoms with Crippen LogP contribution in [0.2, 0.25) is 0 Å². The Morgan fingerprint density at radius 1 is 0.840 bits per heavy atom. The molecule has 13 nitrogen and oxygen atoms in total. The first-order chi connectivity index (χ1) is 24.3. The highest BCUT2D eigenvalue weighted by Crippen LogP contribution is 2.59. The van der Waals surface area contributed by atoms with Crippen LogP contribution in [0.4, 0.5) is 17.1 Å². The molecule has 2 N–H and O–H groups in total. The predicted molar refractivity (Wildman–Crippen MR) is 182 cm³/mol. The van der Waals surface area contributed by atoms with Gasteiger partial charge in [0.15, 0.2) is 5.57 Å². The molecule has 244 valence electrons. The molecular weight excluding hydrogens is 659 g/mol. The number of hydrazone groups is 1. The second-order valence-corrected chi connectivity index (χ2v) is 12.9. The van der Waals surface area contributed by atoms with Gasteiger partial charge >= 0.3 is 0 Å². The van der Waals surface area contributed by atoms with Crippen LogP contribution >= 0.6 is 11.8 Å². The third-order valence-electron chi connectivity index (χ3n) is 9.38. The summed E-state index contributed by atoms with van der Waals surface area (Å²) in [5, 5.41) is 25.6. The summed E-state index contributed by atoms with van der Waals surface area (Å²) in [6.45, 7) is 0. The Bertz CT molecular complexity index is 2220. The van der Waals surface area contributed by atoms with Crippen molar-refractivity contribution >= 4 is 57.5 Å². The number of imide groups is 1. The van der Waals surface area contributed by atoms with Crippen LogP contribution in [0, 0.1) is 33.3 Å². The molecule has 0 radical (unpaired) electrons. The van der Waals surface area contributed by atoms with E-state index in [4.69, 9.17) is 0 Å². The van der Waals surface area contributed by atoms with Crippen molar-refractivity contribution in [2.45, 2.75) is 11.8 Å². The SMILES string of the molecule is N#C/C(C(=O)N1NC(=O)C2C3c4ccccc4C(c4ccccc43)C2C1=O)=C1\SC(=O)/C(=N/Nc2ccc([N+](=O)[O-])cc2)N1c1ccccc1. The smallest absolute Gasteiger partial charge is 0.282 e. The summed E-state index contributed by atoms with van der Waals surface area (Å²) in [7, 11) is 0. The van der Waals surface area contributed by atoms with Crippen LogP contribution in [-0.4, -0.2) is 38.6 Å². The Kier molecular flexibility index (Phi) is 7.27. The number of thioether (sulfide) groups is 1. The maximum absolute atomic E-state index is 14.4. The van der Waals surface area contributed by atoms with E-state index in [2.05, 4.69) is 16.0 Å². The summed E-state index contributed by atoms with van der Waals surface area (Å²) in [4.78, 5) is 67.8. The molecule has 2 bridgehead atoms. The van der Waals surface area contributed by atoms with E-state index in [-0.39, 0.29) is 16.6 Å². The molecule has 2 unspecified atom stereocenters. The Morgan fingerprint density at radius 2 is 1.40 bits per heavy atom. The number of amides is 3. The van der Waals surface area contributed by atoms with E-state index >= 15 is 0 Å². The molecule has 3 aliphatic carbocycles. The van der Waals surface area contributed by atoms with Gasteiger partial charge < -0.3 is 0 Å². The van der Waals surface area contributed by atoms with Crippen molar-refractivity contribution in [1.29, 1.82) is 5.26 Å². The van der Waals surface area contributed by atoms with E-state index in [1.165, 1.54) is 29.2 Å². The Labute approximate surface area is 288 Å². The first-order valence-electron chi connectivity index (χ1n) is 15.4. The van der Waals surface area contributed by atoms with Crippen molar-refractivity contribution in [3.63, 3.8) is 0 Å². The summed E-state index contributed by atoms with van der Waals surface area (Å²) in [6.07, 6.45) is 0. The summed E-state index contributed by atoms with van der Waals surface area (Å²) in [6, 6.07) is 31.0. The molecule has 0 aromatic heterocycles. The normalized spacial score (nSPS) is 23.4. The zero-order valence-electron chi connectivity index (χ0n) is 25.7. The summed E-state index contributed by atoms with van der Waals surface area (Å²) in [5.74, 6) is -5.02. The number of hydrogen-bond acceptors (Lipinski definition) is 10. The van der Waals surface area contributed by atoms with Gasteiger partial charge in [-0.1, -0.05) is 66.7 Å². The topological polar surface area (TPSA) is 178 Å². The van der Waals surface area contributed by atoms with Crippen LogP contribution < -0.4 is 15.8 Å². The molecule has 5 aliphatic rings. The molecule has 4 aromatic rings. The van der Waals surface area contributed by atoms with Crippen LogP contribution in [0.5, 0.6) is 0 Å². The number of hydrazine groups is 1. The first-order valence-corrected chi connectivity index (χ1v) is 16.3. The second-order valence-electron chi connectivity index (χ2n) is 11.9. The Balaban J connectivity index is 1.17. The highest BCUT2D eigenvalue weighted by Gasteiger charge is 2.59. The van der Waals surface area contributed by atoms with Crippen LogP contribution in [0.1, 0.15) is 34.1 Å². The Morgan fingerprint density at radius 3 is 1.96 bits per heavy atom. The quantitative estimate of drug-likeness (QED) is 0.129. The van der Waals surface area contributed by atoms with Gasteiger partial charge in [-0.2, -0.15) is 15.4 Å². The van der Waals surface area contributed by atoms with E-state index < -0.39 is 57.0 Å². The summed E-state index contributed by atoms with van der Waals surface area (Å²) >= 11 is 0.574. The van der Waals surface area contributed by atoms with Gasteiger partial charge in [-0.25, -0.2) is 0 Å². The number of carbonyl (C=O) groups excluding carboxylic acids is 4. The average molecular weight is 682 g/mol. The minimum Gasteiger partial charge on any atom is -0.282 e. The van der Waals surface area contributed by atoms with Crippen LogP contribution in [-0.2, 0) is 19.2 Å². The highest BCUT2D eigenvalue weighted by atomic mass is 32.2. The van der Waals surface area contributed by atoms with Crippen molar-refractivity contribution in [2.24, 2.45) is 16.9 Å². The highest BCUT2D eigenvalue weighted by molar-refractivity contribution is 8.19. The number of nitrogens with one attached hydrogen (secondary N) is 2. The van der Waals surface area contributed by atoms with Crippen LogP contribution in [0.25, 0.3) is 0 Å². The van der Waals surface area contributed by atoms with Gasteiger partial charge in [0.2, 0.25) is 11.7 Å². The van der Waals surface area contributed by atoms with Gasteiger partial charge in [-0.05, 0) is 58.3 Å². The molecular formula is C36H23N7O6S. The average Bonchev–Trinajstić information content (AvgIpc) is 3.47. The molecule has 3 amide bonds. The molecule has 2 heterocycles. The fourth-order valence-electron chi connectivity index (χ4n) is 7.34. The van der Waals surface area contributed by atoms with Gasteiger partial charge in [0.1, 0.15) is 11.1 Å². The minimum atomic E-state index is -1.09. The molecule has 2 atom stereocenters. The number of nitrogens with zero attached hydrogens (tertiary/aromatic N) is 5. The molecule has 0 spiro atoms. The van der Waals surface area contributed by atoms with Gasteiger partial charge in [-0.15, -0.1) is 0 Å². The summed E-state index contributed by atoms with van der Waals surface area (Å²) in [5.41, 5.74) is 9.00. The van der Waals surface area contributed by atoms with Gasteiger partial charge in [-0.3, -0.25) is 45.0 Å². The van der Waals surface area contributed by atoms with Crippen LogP contribution in [0.3, 0.4) is 0 Å². The monoisotopic (exact) mass is 681 g/mol. The maximum Gasteiger partial charge on any atom is 0.292 e. The largest absolute Gasteiger partial charge is 0.292 e. The number of amidine groups is 1. The number of para-hydroxylation sites is 1. The molecule has 50 heavy (non-hydrogen) atoms. The van der Waals surface area contributed by atoms with E-state index in [0.29, 0.717) is 28.1 Å². The number of carbonyl (C=O) groups is 4.